The lowest BCUT2D eigenvalue weighted by Gasteiger charge is -2.17. The number of methoxy groups -OCH3 is 1. The second-order valence-corrected chi connectivity index (χ2v) is 9.11. The largest absolute Gasteiger partial charge is 0.478 e. The number of carbonyl (C=O) groups excluding carboxylic acids is 3. The van der Waals surface area contributed by atoms with E-state index in [-0.39, 0.29) is 74.5 Å². The summed E-state index contributed by atoms with van der Waals surface area (Å²) in [5.41, 5.74) is -2.36. The van der Waals surface area contributed by atoms with Gasteiger partial charge in [-0.3, -0.25) is 14.9 Å². The van der Waals surface area contributed by atoms with Crippen molar-refractivity contribution >= 4 is 46.1 Å². The number of aromatic carboxylic acids is 1. The molecule has 3 aromatic carbocycles. The van der Waals surface area contributed by atoms with Crippen LogP contribution in [-0.2, 0) is 22.1 Å². The third-order valence-electron chi connectivity index (χ3n) is 6.37. The van der Waals surface area contributed by atoms with Gasteiger partial charge in [-0.25, -0.2) is 9.59 Å². The van der Waals surface area contributed by atoms with E-state index < -0.39 is 29.7 Å². The van der Waals surface area contributed by atoms with Gasteiger partial charge in [-0.05, 0) is 59.2 Å². The lowest BCUT2D eigenvalue weighted by Crippen LogP contribution is -2.16. The average Bonchev–Trinajstić information content (AvgIpc) is 3.39. The fourth-order valence-corrected chi connectivity index (χ4v) is 4.27. The number of benzene rings is 3. The number of alkyl halides is 3. The zero-order valence-corrected chi connectivity index (χ0v) is 22.5. The third kappa shape index (κ3) is 6.46. The summed E-state index contributed by atoms with van der Waals surface area (Å²) in [5.74, 6) is -2.61. The van der Waals surface area contributed by atoms with Gasteiger partial charge in [0.2, 0.25) is 0 Å². The number of anilines is 2. The maximum Gasteiger partial charge on any atom is 0.417 e. The molecular weight excluding hydrogens is 573 g/mol. The predicted molar refractivity (Wildman–Crippen MR) is 146 cm³/mol. The third-order valence-corrected chi connectivity index (χ3v) is 6.37. The number of nitriles is 1. The van der Waals surface area contributed by atoms with E-state index >= 15 is 0 Å². The highest BCUT2D eigenvalue weighted by molar-refractivity contribution is 6.13. The average molecular weight is 595 g/mol. The SMILES string of the molecule is CCC(=O)Cc1cc2c(C(=O)Nc3ccc(C#N)cc3C(=O)O)noc2cc1-c1ccc(NC(=O)OC)cc1C(F)(F)F. The first-order valence-electron chi connectivity index (χ1n) is 12.5. The highest BCUT2D eigenvalue weighted by atomic mass is 19.4. The standard InChI is InChI=1S/C29H21F3N4O7/c1-3-17(37)9-15-10-21-24(12-19(15)18-6-5-16(34-28(41)42-2)11-22(18)29(30,31)32)43-36-25(21)26(38)35-23-7-4-14(13-33)8-20(23)27(39)40/h4-8,10-12H,3,9H2,1-2H3,(H,34,41)(H,35,38)(H,39,40). The summed E-state index contributed by atoms with van der Waals surface area (Å²) >= 11 is 0. The molecule has 0 saturated carbocycles. The molecule has 0 fully saturated rings. The van der Waals surface area contributed by atoms with Crippen molar-refractivity contribution in [1.82, 2.24) is 5.16 Å². The molecule has 0 atom stereocenters. The van der Waals surface area contributed by atoms with Crippen LogP contribution in [0.15, 0.2) is 53.1 Å². The highest BCUT2D eigenvalue weighted by Gasteiger charge is 2.35. The van der Waals surface area contributed by atoms with E-state index in [9.17, 15) is 37.5 Å². The first kappa shape index (κ1) is 30.3. The number of nitrogens with one attached hydrogen (secondary N) is 2. The van der Waals surface area contributed by atoms with Crippen LogP contribution in [0.4, 0.5) is 29.3 Å². The normalized spacial score (nSPS) is 11.1. The van der Waals surface area contributed by atoms with E-state index in [2.05, 4.69) is 20.5 Å². The molecule has 2 amide bonds. The second-order valence-electron chi connectivity index (χ2n) is 9.11. The van der Waals surface area contributed by atoms with Crippen molar-refractivity contribution < 1.29 is 46.7 Å². The number of carbonyl (C=O) groups is 4. The van der Waals surface area contributed by atoms with Gasteiger partial charge in [0.25, 0.3) is 5.91 Å². The smallest absolute Gasteiger partial charge is 0.417 e. The molecular formula is C29H21F3N4O7. The van der Waals surface area contributed by atoms with Gasteiger partial charge < -0.3 is 19.7 Å². The fourth-order valence-electron chi connectivity index (χ4n) is 4.27. The number of halogens is 3. The highest BCUT2D eigenvalue weighted by Crippen LogP contribution is 2.41. The minimum atomic E-state index is -4.88. The minimum absolute atomic E-state index is 0.0189. The maximum atomic E-state index is 14.2. The van der Waals surface area contributed by atoms with Gasteiger partial charge in [0.05, 0.1) is 40.9 Å². The Kier molecular flexibility index (Phi) is 8.46. The molecule has 0 spiro atoms. The van der Waals surface area contributed by atoms with Gasteiger partial charge in [0.1, 0.15) is 5.78 Å². The van der Waals surface area contributed by atoms with Crippen molar-refractivity contribution in [3.8, 4) is 17.2 Å². The Labute approximate surface area is 240 Å². The minimum Gasteiger partial charge on any atom is -0.478 e. The Balaban J connectivity index is 1.84. The van der Waals surface area contributed by atoms with Crippen molar-refractivity contribution in [2.24, 2.45) is 0 Å². The van der Waals surface area contributed by atoms with E-state index in [1.807, 2.05) is 0 Å². The number of carboxylic acids is 1. The molecule has 1 heterocycles. The molecule has 0 radical (unpaired) electrons. The van der Waals surface area contributed by atoms with Crippen LogP contribution >= 0.6 is 0 Å². The molecule has 0 aliphatic carbocycles. The van der Waals surface area contributed by atoms with Crippen LogP contribution in [0.1, 0.15) is 50.9 Å². The van der Waals surface area contributed by atoms with Crippen LogP contribution < -0.4 is 10.6 Å². The first-order valence-corrected chi connectivity index (χ1v) is 12.5. The molecule has 1 aromatic heterocycles. The van der Waals surface area contributed by atoms with Gasteiger partial charge >= 0.3 is 18.2 Å². The van der Waals surface area contributed by atoms with Crippen LogP contribution in [0, 0.1) is 11.3 Å². The van der Waals surface area contributed by atoms with Gasteiger partial charge in [-0.15, -0.1) is 0 Å². The summed E-state index contributed by atoms with van der Waals surface area (Å²) in [7, 11) is 1.06. The molecule has 0 aliphatic heterocycles. The Bertz CT molecular complexity index is 1820. The number of nitrogens with zero attached hydrogens (tertiary/aromatic N) is 2. The van der Waals surface area contributed by atoms with E-state index in [1.54, 1.807) is 13.0 Å². The molecule has 43 heavy (non-hydrogen) atoms. The van der Waals surface area contributed by atoms with Crippen LogP contribution in [0.5, 0.6) is 0 Å². The first-order chi connectivity index (χ1) is 20.4. The van der Waals surface area contributed by atoms with Crippen molar-refractivity contribution in [2.75, 3.05) is 17.7 Å². The van der Waals surface area contributed by atoms with Gasteiger partial charge in [-0.2, -0.15) is 18.4 Å². The molecule has 0 aliphatic rings. The van der Waals surface area contributed by atoms with Gasteiger partial charge in [-0.1, -0.05) is 18.1 Å². The molecule has 3 N–H and O–H groups in total. The molecule has 4 rings (SSSR count). The van der Waals surface area contributed by atoms with Crippen LogP contribution in [-0.4, -0.2) is 41.1 Å². The Morgan fingerprint density at radius 1 is 1.05 bits per heavy atom. The summed E-state index contributed by atoms with van der Waals surface area (Å²) in [4.78, 5) is 48.8. The second kappa shape index (κ2) is 12.0. The van der Waals surface area contributed by atoms with Crippen molar-refractivity contribution in [1.29, 1.82) is 5.26 Å². The number of amides is 2. The monoisotopic (exact) mass is 594 g/mol. The summed E-state index contributed by atoms with van der Waals surface area (Å²) in [6.45, 7) is 1.59. The number of hydrogen-bond donors (Lipinski definition) is 3. The quantitative estimate of drug-likeness (QED) is 0.220. The van der Waals surface area contributed by atoms with E-state index in [0.29, 0.717) is 0 Å². The molecule has 11 nitrogen and oxygen atoms in total. The zero-order chi connectivity index (χ0) is 31.5. The molecule has 0 unspecified atom stereocenters. The van der Waals surface area contributed by atoms with E-state index in [0.717, 1.165) is 25.3 Å². The lowest BCUT2D eigenvalue weighted by atomic mass is 9.90. The lowest BCUT2D eigenvalue weighted by molar-refractivity contribution is -0.137. The zero-order valence-electron chi connectivity index (χ0n) is 22.5. The number of hydrogen-bond acceptors (Lipinski definition) is 8. The van der Waals surface area contributed by atoms with E-state index in [1.165, 1.54) is 30.3 Å². The topological polar surface area (TPSA) is 172 Å². The Morgan fingerprint density at radius 3 is 2.42 bits per heavy atom. The van der Waals surface area contributed by atoms with Crippen LogP contribution in [0.3, 0.4) is 0 Å². The number of fused-ring (bicyclic) bond motifs is 1. The molecule has 14 heteroatoms. The Hall–Kier alpha value is -5.71. The molecule has 0 saturated heterocycles. The number of Topliss-reactive ketones (excluding diaryl/α,β-unsaturated/α-hetero) is 1. The van der Waals surface area contributed by atoms with Crippen molar-refractivity contribution in [2.45, 2.75) is 25.9 Å². The number of carboxylic acid groups (broad SMARTS) is 1. The van der Waals surface area contributed by atoms with Gasteiger partial charge in [0.15, 0.2) is 11.3 Å². The fraction of sp³-hybridized carbons (Fsp3) is 0.172. The molecule has 0 bridgehead atoms. The predicted octanol–water partition coefficient (Wildman–Crippen LogP) is 6.04. The van der Waals surface area contributed by atoms with Crippen LogP contribution in [0.2, 0.25) is 0 Å². The summed E-state index contributed by atoms with van der Waals surface area (Å²) in [5, 5.41) is 26.9. The molecule has 4 aromatic rings. The maximum absolute atomic E-state index is 14.2. The summed E-state index contributed by atoms with van der Waals surface area (Å²) in [6.07, 6.45) is -6.05. The number of rotatable bonds is 8. The van der Waals surface area contributed by atoms with E-state index in [4.69, 9.17) is 9.78 Å². The van der Waals surface area contributed by atoms with Crippen molar-refractivity contribution in [3.05, 3.63) is 76.5 Å². The molecule has 220 valence electrons. The van der Waals surface area contributed by atoms with Gasteiger partial charge in [0, 0.05) is 18.5 Å². The van der Waals surface area contributed by atoms with Crippen molar-refractivity contribution in [3.63, 3.8) is 0 Å². The summed E-state index contributed by atoms with van der Waals surface area (Å²) < 4.78 is 52.3. The number of aromatic nitrogens is 1. The summed E-state index contributed by atoms with van der Waals surface area (Å²) in [6, 6.07) is 11.0. The Morgan fingerprint density at radius 2 is 1.79 bits per heavy atom. The van der Waals surface area contributed by atoms with Crippen LogP contribution in [0.25, 0.3) is 22.1 Å². The number of ketones is 1. The number of ether oxygens (including phenoxy) is 1.